The van der Waals surface area contributed by atoms with Crippen molar-refractivity contribution in [2.75, 3.05) is 6.61 Å². The predicted molar refractivity (Wildman–Crippen MR) is 107 cm³/mol. The summed E-state index contributed by atoms with van der Waals surface area (Å²) in [5.41, 5.74) is 5.01. The number of hydrogen-bond donors (Lipinski definition) is 1. The summed E-state index contributed by atoms with van der Waals surface area (Å²) in [6.07, 6.45) is 9.05. The Morgan fingerprint density at radius 1 is 1.00 bits per heavy atom. The summed E-state index contributed by atoms with van der Waals surface area (Å²) in [6, 6.07) is 18.9. The minimum Gasteiger partial charge on any atom is -0.376 e. The Labute approximate surface area is 150 Å². The number of allylic oxidation sites excluding steroid dienone is 1. The van der Waals surface area contributed by atoms with E-state index in [1.54, 1.807) is 0 Å². The van der Waals surface area contributed by atoms with Crippen LogP contribution in [-0.2, 0) is 17.8 Å². The normalized spacial score (nSPS) is 11.6. The van der Waals surface area contributed by atoms with Crippen molar-refractivity contribution in [2.45, 2.75) is 39.2 Å². The highest BCUT2D eigenvalue weighted by molar-refractivity contribution is 5.87. The minimum absolute atomic E-state index is 0.671. The van der Waals surface area contributed by atoms with Crippen molar-refractivity contribution in [3.63, 3.8) is 0 Å². The molecular weight excluding hydrogens is 306 g/mol. The van der Waals surface area contributed by atoms with Crippen molar-refractivity contribution >= 4 is 17.0 Å². The Hall–Kier alpha value is -2.32. The van der Waals surface area contributed by atoms with Crippen LogP contribution in [0.3, 0.4) is 0 Å². The molecule has 0 aliphatic rings. The van der Waals surface area contributed by atoms with Gasteiger partial charge < -0.3 is 9.72 Å². The van der Waals surface area contributed by atoms with Crippen molar-refractivity contribution in [3.05, 3.63) is 77.5 Å². The number of nitrogens with one attached hydrogen (secondary N) is 1. The Morgan fingerprint density at radius 2 is 1.80 bits per heavy atom. The smallest absolute Gasteiger partial charge is 0.0717 e. The molecule has 2 aromatic carbocycles. The Kier molecular flexibility index (Phi) is 6.47. The van der Waals surface area contributed by atoms with Crippen LogP contribution in [-0.4, -0.2) is 11.6 Å². The minimum atomic E-state index is 0.671. The molecule has 2 heteroatoms. The van der Waals surface area contributed by atoms with Gasteiger partial charge in [-0.2, -0.15) is 0 Å². The van der Waals surface area contributed by atoms with E-state index in [1.807, 2.05) is 6.07 Å². The highest BCUT2D eigenvalue weighted by Gasteiger charge is 2.09. The number of fused-ring (bicyclic) bond motifs is 1. The molecule has 0 spiro atoms. The average Bonchev–Trinajstić information content (AvgIpc) is 3.01. The summed E-state index contributed by atoms with van der Waals surface area (Å²) in [4.78, 5) is 3.56. The third-order valence-corrected chi connectivity index (χ3v) is 4.46. The summed E-state index contributed by atoms with van der Waals surface area (Å²) >= 11 is 0. The molecule has 0 saturated heterocycles. The van der Waals surface area contributed by atoms with Gasteiger partial charge >= 0.3 is 0 Å². The van der Waals surface area contributed by atoms with Crippen molar-refractivity contribution in [2.24, 2.45) is 0 Å². The van der Waals surface area contributed by atoms with Crippen molar-refractivity contribution in [3.8, 4) is 0 Å². The number of para-hydroxylation sites is 1. The molecule has 0 aliphatic carbocycles. The zero-order valence-corrected chi connectivity index (χ0v) is 15.0. The lowest BCUT2D eigenvalue weighted by molar-refractivity contribution is 0.124. The van der Waals surface area contributed by atoms with Gasteiger partial charge in [0.15, 0.2) is 0 Å². The summed E-state index contributed by atoms with van der Waals surface area (Å²) in [7, 11) is 0. The van der Waals surface area contributed by atoms with Gasteiger partial charge in [-0.15, -0.1) is 0 Å². The lowest BCUT2D eigenvalue weighted by atomic mass is 10.1. The Balaban J connectivity index is 1.67. The monoisotopic (exact) mass is 333 g/mol. The number of ether oxygens (including phenoxy) is 1. The second-order valence-corrected chi connectivity index (χ2v) is 6.40. The van der Waals surface area contributed by atoms with E-state index in [4.69, 9.17) is 4.74 Å². The van der Waals surface area contributed by atoms with E-state index >= 15 is 0 Å². The van der Waals surface area contributed by atoms with Gasteiger partial charge in [-0.3, -0.25) is 0 Å². The highest BCUT2D eigenvalue weighted by Crippen LogP contribution is 2.24. The van der Waals surface area contributed by atoms with E-state index < -0.39 is 0 Å². The van der Waals surface area contributed by atoms with Crippen LogP contribution in [0.1, 0.15) is 43.0 Å². The molecular formula is C23H27NO. The second-order valence-electron chi connectivity index (χ2n) is 6.40. The fraction of sp³-hybridized carbons (Fsp3) is 0.304. The lowest BCUT2D eigenvalue weighted by Gasteiger charge is -2.05. The van der Waals surface area contributed by atoms with Crippen LogP contribution in [0.25, 0.3) is 17.0 Å². The number of aromatic amines is 1. The molecule has 3 rings (SSSR count). The van der Waals surface area contributed by atoms with Crippen molar-refractivity contribution < 1.29 is 4.74 Å². The first-order valence-corrected chi connectivity index (χ1v) is 9.26. The van der Waals surface area contributed by atoms with E-state index in [-0.39, 0.29) is 0 Å². The van der Waals surface area contributed by atoms with Gasteiger partial charge in [-0.05, 0) is 36.1 Å². The van der Waals surface area contributed by atoms with Gasteiger partial charge in [0.2, 0.25) is 0 Å². The van der Waals surface area contributed by atoms with Crippen LogP contribution in [0.15, 0.2) is 60.7 Å². The Bertz CT molecular complexity index is 801. The van der Waals surface area contributed by atoms with Crippen LogP contribution in [0.2, 0.25) is 0 Å². The van der Waals surface area contributed by atoms with Crippen LogP contribution in [0, 0.1) is 0 Å². The Morgan fingerprint density at radius 3 is 2.64 bits per heavy atom. The molecule has 1 N–H and O–H groups in total. The SMILES string of the molecule is CCCC/C=C/c1[nH]c2ccccc2c1CCOCc1ccccc1. The van der Waals surface area contributed by atoms with E-state index in [9.17, 15) is 0 Å². The molecule has 0 saturated carbocycles. The first kappa shape index (κ1) is 17.5. The number of benzene rings is 2. The third kappa shape index (κ3) is 4.83. The molecule has 2 nitrogen and oxygen atoms in total. The number of hydrogen-bond acceptors (Lipinski definition) is 1. The summed E-state index contributed by atoms with van der Waals surface area (Å²) in [5, 5.41) is 1.31. The van der Waals surface area contributed by atoms with Gasteiger partial charge in [0.05, 0.1) is 13.2 Å². The van der Waals surface area contributed by atoms with E-state index in [0.29, 0.717) is 6.61 Å². The summed E-state index contributed by atoms with van der Waals surface area (Å²) in [6.45, 7) is 3.63. The number of rotatable bonds is 9. The topological polar surface area (TPSA) is 25.0 Å². The largest absolute Gasteiger partial charge is 0.376 e. The van der Waals surface area contributed by atoms with Crippen LogP contribution in [0.4, 0.5) is 0 Å². The van der Waals surface area contributed by atoms with Crippen molar-refractivity contribution in [1.82, 2.24) is 4.98 Å². The van der Waals surface area contributed by atoms with Gasteiger partial charge in [0.25, 0.3) is 0 Å². The van der Waals surface area contributed by atoms with Gasteiger partial charge in [-0.25, -0.2) is 0 Å². The fourth-order valence-electron chi connectivity index (χ4n) is 3.09. The molecule has 0 bridgehead atoms. The molecule has 0 aliphatic heterocycles. The van der Waals surface area contributed by atoms with Crippen LogP contribution >= 0.6 is 0 Å². The highest BCUT2D eigenvalue weighted by atomic mass is 16.5. The zero-order chi connectivity index (χ0) is 17.3. The molecule has 0 fully saturated rings. The average molecular weight is 333 g/mol. The number of aromatic nitrogens is 1. The van der Waals surface area contributed by atoms with Crippen LogP contribution in [0.5, 0.6) is 0 Å². The molecule has 3 aromatic rings. The maximum atomic E-state index is 5.90. The molecule has 0 unspecified atom stereocenters. The van der Waals surface area contributed by atoms with E-state index in [2.05, 4.69) is 72.6 Å². The number of unbranched alkanes of at least 4 members (excludes halogenated alkanes) is 2. The second kappa shape index (κ2) is 9.24. The molecule has 1 heterocycles. The van der Waals surface area contributed by atoms with E-state index in [1.165, 1.54) is 40.6 Å². The molecule has 1 aromatic heterocycles. The molecule has 0 amide bonds. The molecule has 130 valence electrons. The molecule has 25 heavy (non-hydrogen) atoms. The van der Waals surface area contributed by atoms with Gasteiger partial charge in [-0.1, -0.05) is 74.4 Å². The van der Waals surface area contributed by atoms with Crippen molar-refractivity contribution in [1.29, 1.82) is 0 Å². The fourth-order valence-corrected chi connectivity index (χ4v) is 3.09. The van der Waals surface area contributed by atoms with Gasteiger partial charge in [0.1, 0.15) is 0 Å². The predicted octanol–water partition coefficient (Wildman–Crippen LogP) is 6.13. The van der Waals surface area contributed by atoms with Crippen LogP contribution < -0.4 is 0 Å². The summed E-state index contributed by atoms with van der Waals surface area (Å²) in [5.74, 6) is 0. The number of H-pyrrole nitrogens is 1. The lowest BCUT2D eigenvalue weighted by Crippen LogP contribution is -2.00. The zero-order valence-electron chi connectivity index (χ0n) is 15.0. The quantitative estimate of drug-likeness (QED) is 0.468. The summed E-state index contributed by atoms with van der Waals surface area (Å²) < 4.78 is 5.90. The third-order valence-electron chi connectivity index (χ3n) is 4.46. The maximum absolute atomic E-state index is 5.90. The molecule has 0 radical (unpaired) electrons. The van der Waals surface area contributed by atoms with E-state index in [0.717, 1.165) is 19.4 Å². The van der Waals surface area contributed by atoms with Gasteiger partial charge in [0, 0.05) is 16.6 Å². The molecule has 0 atom stereocenters. The standard InChI is InChI=1S/C23H27NO/c1-2-3-4-8-14-23-21(20-13-9-10-15-22(20)24-23)16-17-25-18-19-11-6-5-7-12-19/h5-15,24H,2-4,16-18H2,1H3/b14-8+. The first-order valence-electron chi connectivity index (χ1n) is 9.26. The first-order chi connectivity index (χ1) is 12.4. The maximum Gasteiger partial charge on any atom is 0.0717 e.